The van der Waals surface area contributed by atoms with E-state index in [1.807, 2.05) is 0 Å². The Balaban J connectivity index is 2.45. The van der Waals surface area contributed by atoms with Crippen LogP contribution in [0.4, 0.5) is 0 Å². The van der Waals surface area contributed by atoms with Crippen LogP contribution in [0.2, 0.25) is 0 Å². The first-order chi connectivity index (χ1) is 4.86. The summed E-state index contributed by atoms with van der Waals surface area (Å²) in [5.41, 5.74) is 7.15. The minimum atomic E-state index is 0.0712. The van der Waals surface area contributed by atoms with Crippen molar-refractivity contribution in [1.29, 1.82) is 0 Å². The molecule has 3 atom stereocenters. The third-order valence-electron chi connectivity index (χ3n) is 4.66. The van der Waals surface area contributed by atoms with Crippen molar-refractivity contribution in [3.05, 3.63) is 0 Å². The summed E-state index contributed by atoms with van der Waals surface area (Å²) in [6.45, 7) is 6.96. The lowest BCUT2D eigenvalue weighted by Crippen LogP contribution is -2.73. The van der Waals surface area contributed by atoms with Crippen LogP contribution in [0, 0.1) is 10.8 Å². The summed E-state index contributed by atoms with van der Waals surface area (Å²) in [4.78, 5) is 0.539. The number of nitrogens with two attached hydrogens (primary N) is 1. The molecular formula is C9H16BrN. The molecule has 3 rings (SSSR count). The zero-order valence-corrected chi connectivity index (χ0v) is 9.03. The fourth-order valence-electron chi connectivity index (χ4n) is 3.00. The van der Waals surface area contributed by atoms with Crippen molar-refractivity contribution < 1.29 is 0 Å². The van der Waals surface area contributed by atoms with E-state index < -0.39 is 0 Å². The maximum Gasteiger partial charge on any atom is 0.0390 e. The molecule has 3 aliphatic carbocycles. The molecule has 0 unspecified atom stereocenters. The molecule has 0 aliphatic heterocycles. The molecule has 0 aromatic heterocycles. The molecule has 0 heterocycles. The SMILES string of the molecule is CC1(C)[C@@]2(N)CC[C@]1(C)[C@@H]2Br. The van der Waals surface area contributed by atoms with Crippen LogP contribution in [0.25, 0.3) is 0 Å². The smallest absolute Gasteiger partial charge is 0.0390 e. The zero-order chi connectivity index (χ0) is 8.49. The Morgan fingerprint density at radius 3 is 1.91 bits per heavy atom. The lowest BCUT2D eigenvalue weighted by Gasteiger charge is -2.63. The fourth-order valence-corrected chi connectivity index (χ4v) is 4.60. The van der Waals surface area contributed by atoms with Gasteiger partial charge in [-0.05, 0) is 23.7 Å². The molecule has 0 spiro atoms. The Kier molecular flexibility index (Phi) is 1.24. The van der Waals surface area contributed by atoms with Crippen molar-refractivity contribution in [2.75, 3.05) is 0 Å². The standard InChI is InChI=1S/C9H16BrN/c1-7(2)8(3)4-5-9(7,11)6(8)10/h6H,4-5,11H2,1-3H3/t6-,8+,9+/m0/s1. The first kappa shape index (κ1) is 8.06. The fraction of sp³-hybridized carbons (Fsp3) is 1.00. The average molecular weight is 218 g/mol. The molecule has 0 aromatic carbocycles. The van der Waals surface area contributed by atoms with Crippen LogP contribution in [0.15, 0.2) is 0 Å². The summed E-state index contributed by atoms with van der Waals surface area (Å²) >= 11 is 3.72. The van der Waals surface area contributed by atoms with Crippen LogP contribution in [-0.2, 0) is 0 Å². The highest BCUT2D eigenvalue weighted by Gasteiger charge is 2.75. The van der Waals surface area contributed by atoms with Crippen LogP contribution >= 0.6 is 15.9 Å². The number of halogens is 1. The minimum absolute atomic E-state index is 0.0712. The van der Waals surface area contributed by atoms with Crippen LogP contribution in [0.3, 0.4) is 0 Å². The van der Waals surface area contributed by atoms with Crippen molar-refractivity contribution in [2.24, 2.45) is 16.6 Å². The molecule has 3 fully saturated rings. The number of hydrogen-bond donors (Lipinski definition) is 1. The van der Waals surface area contributed by atoms with E-state index in [1.165, 1.54) is 12.8 Å². The normalized spacial score (nSPS) is 59.2. The van der Waals surface area contributed by atoms with Gasteiger partial charge in [-0.3, -0.25) is 0 Å². The molecule has 1 nitrogen and oxygen atoms in total. The van der Waals surface area contributed by atoms with Gasteiger partial charge in [0, 0.05) is 10.4 Å². The molecule has 0 aromatic rings. The first-order valence-electron chi connectivity index (χ1n) is 4.29. The van der Waals surface area contributed by atoms with Gasteiger partial charge in [0.05, 0.1) is 0 Å². The van der Waals surface area contributed by atoms with Crippen LogP contribution in [0.5, 0.6) is 0 Å². The van der Waals surface area contributed by atoms with E-state index in [4.69, 9.17) is 5.73 Å². The van der Waals surface area contributed by atoms with Gasteiger partial charge < -0.3 is 5.73 Å². The first-order valence-corrected chi connectivity index (χ1v) is 5.21. The molecule has 2 heteroatoms. The van der Waals surface area contributed by atoms with Gasteiger partial charge in [-0.2, -0.15) is 0 Å². The van der Waals surface area contributed by atoms with Gasteiger partial charge in [0.1, 0.15) is 0 Å². The average Bonchev–Trinajstić information content (AvgIpc) is 2.26. The topological polar surface area (TPSA) is 26.0 Å². The molecule has 0 amide bonds. The second kappa shape index (κ2) is 1.69. The summed E-state index contributed by atoms with van der Waals surface area (Å²) in [5.74, 6) is 0. The number of fused-ring (bicyclic) bond motifs is 1. The Hall–Kier alpha value is 0.440. The summed E-state index contributed by atoms with van der Waals surface area (Å²) < 4.78 is 0. The molecular weight excluding hydrogens is 202 g/mol. The van der Waals surface area contributed by atoms with E-state index in [9.17, 15) is 0 Å². The van der Waals surface area contributed by atoms with E-state index >= 15 is 0 Å². The maximum absolute atomic E-state index is 6.30. The van der Waals surface area contributed by atoms with Crippen molar-refractivity contribution >= 4 is 15.9 Å². The van der Waals surface area contributed by atoms with E-state index in [0.29, 0.717) is 15.7 Å². The van der Waals surface area contributed by atoms with Gasteiger partial charge in [0.15, 0.2) is 0 Å². The van der Waals surface area contributed by atoms with Crippen molar-refractivity contribution in [1.82, 2.24) is 0 Å². The van der Waals surface area contributed by atoms with Gasteiger partial charge in [0.2, 0.25) is 0 Å². The van der Waals surface area contributed by atoms with Crippen molar-refractivity contribution in [3.8, 4) is 0 Å². The highest BCUT2D eigenvalue weighted by atomic mass is 79.9. The van der Waals surface area contributed by atoms with E-state index in [2.05, 4.69) is 36.7 Å². The maximum atomic E-state index is 6.30. The van der Waals surface area contributed by atoms with Gasteiger partial charge >= 0.3 is 0 Å². The lowest BCUT2D eigenvalue weighted by atomic mass is 9.48. The van der Waals surface area contributed by atoms with E-state index in [1.54, 1.807) is 0 Å². The summed E-state index contributed by atoms with van der Waals surface area (Å²) in [7, 11) is 0. The summed E-state index contributed by atoms with van der Waals surface area (Å²) in [5, 5.41) is 0. The molecule has 64 valence electrons. The van der Waals surface area contributed by atoms with Crippen LogP contribution in [0.1, 0.15) is 33.6 Å². The molecule has 2 bridgehead atoms. The van der Waals surface area contributed by atoms with Gasteiger partial charge in [-0.25, -0.2) is 0 Å². The van der Waals surface area contributed by atoms with Gasteiger partial charge in [0.25, 0.3) is 0 Å². The zero-order valence-electron chi connectivity index (χ0n) is 7.45. The van der Waals surface area contributed by atoms with E-state index in [0.717, 1.165) is 0 Å². The van der Waals surface area contributed by atoms with Crippen molar-refractivity contribution in [2.45, 2.75) is 44.0 Å². The third-order valence-corrected chi connectivity index (χ3v) is 6.49. The van der Waals surface area contributed by atoms with Crippen LogP contribution in [-0.4, -0.2) is 10.4 Å². The number of alkyl halides is 1. The molecule has 0 radical (unpaired) electrons. The molecule has 3 saturated carbocycles. The largest absolute Gasteiger partial charge is 0.324 e. The molecule has 2 N–H and O–H groups in total. The predicted octanol–water partition coefficient (Wildman–Crippen LogP) is 2.29. The Labute approximate surface area is 76.9 Å². The summed E-state index contributed by atoms with van der Waals surface area (Å²) in [6.07, 6.45) is 2.47. The number of rotatable bonds is 0. The minimum Gasteiger partial charge on any atom is -0.324 e. The lowest BCUT2D eigenvalue weighted by molar-refractivity contribution is -0.0476. The van der Waals surface area contributed by atoms with Crippen molar-refractivity contribution in [3.63, 3.8) is 0 Å². The second-order valence-electron chi connectivity index (χ2n) is 4.95. The predicted molar refractivity (Wildman–Crippen MR) is 50.8 cm³/mol. The van der Waals surface area contributed by atoms with Gasteiger partial charge in [-0.15, -0.1) is 0 Å². The molecule has 0 saturated heterocycles. The number of hydrogen-bond acceptors (Lipinski definition) is 1. The second-order valence-corrected chi connectivity index (χ2v) is 5.86. The molecule has 3 aliphatic rings. The van der Waals surface area contributed by atoms with Gasteiger partial charge in [-0.1, -0.05) is 36.7 Å². The van der Waals surface area contributed by atoms with Crippen LogP contribution < -0.4 is 5.73 Å². The Bertz CT molecular complexity index is 188. The molecule has 11 heavy (non-hydrogen) atoms. The monoisotopic (exact) mass is 217 g/mol. The third kappa shape index (κ3) is 0.531. The quantitative estimate of drug-likeness (QED) is 0.620. The highest BCUT2D eigenvalue weighted by Crippen LogP contribution is 2.73. The Morgan fingerprint density at radius 1 is 1.27 bits per heavy atom. The van der Waals surface area contributed by atoms with E-state index in [-0.39, 0.29) is 5.54 Å². The highest BCUT2D eigenvalue weighted by molar-refractivity contribution is 9.09. The summed E-state index contributed by atoms with van der Waals surface area (Å²) in [6, 6.07) is 0. The Morgan fingerprint density at radius 2 is 1.82 bits per heavy atom.